The van der Waals surface area contributed by atoms with E-state index >= 15 is 0 Å². The summed E-state index contributed by atoms with van der Waals surface area (Å²) in [6, 6.07) is 2.58. The molecule has 2 aliphatic heterocycles. The lowest BCUT2D eigenvalue weighted by atomic mass is 9.78. The van der Waals surface area contributed by atoms with Crippen LogP contribution in [0.1, 0.15) is 59.9 Å². The number of benzene rings is 1. The normalized spacial score (nSPS) is 21.9. The van der Waals surface area contributed by atoms with Gasteiger partial charge in [-0.1, -0.05) is 6.92 Å². The summed E-state index contributed by atoms with van der Waals surface area (Å²) in [7, 11) is 0. The summed E-state index contributed by atoms with van der Waals surface area (Å²) in [6.45, 7) is 1.44. The van der Waals surface area contributed by atoms with Gasteiger partial charge in [0.15, 0.2) is 17.2 Å². The second-order valence-corrected chi connectivity index (χ2v) is 9.41. The molecule has 3 N–H and O–H groups in total. The maximum atomic E-state index is 14.8. The number of fused-ring (bicyclic) bond motifs is 5. The summed E-state index contributed by atoms with van der Waals surface area (Å²) in [5.74, 6) is -3.67. The van der Waals surface area contributed by atoms with Crippen LogP contribution in [-0.2, 0) is 39.5 Å². The molecule has 1 aromatic carbocycles. The number of aliphatic hydroxyl groups is 1. The topological polar surface area (TPSA) is 125 Å². The molecule has 0 bridgehead atoms. The Balaban J connectivity index is 1.68. The third-order valence-corrected chi connectivity index (χ3v) is 7.61. The average Bonchev–Trinajstić information content (AvgIpc) is 3.19. The zero-order chi connectivity index (χ0) is 24.8. The Bertz CT molecular complexity index is 1560. The number of halogens is 2. The summed E-state index contributed by atoms with van der Waals surface area (Å²) in [6.07, 6.45) is 0.639. The van der Waals surface area contributed by atoms with E-state index in [2.05, 4.69) is 4.98 Å². The van der Waals surface area contributed by atoms with Gasteiger partial charge < -0.3 is 20.1 Å². The van der Waals surface area contributed by atoms with E-state index < -0.39 is 34.7 Å². The van der Waals surface area contributed by atoms with E-state index in [4.69, 9.17) is 10.5 Å². The van der Waals surface area contributed by atoms with Crippen LogP contribution in [0.15, 0.2) is 16.9 Å². The Hall–Kier alpha value is -3.66. The number of hydrogen-bond acceptors (Lipinski definition) is 6. The molecule has 2 aromatic heterocycles. The van der Waals surface area contributed by atoms with Crippen LogP contribution in [0.3, 0.4) is 0 Å². The number of aryl methyl sites for hydroxylation is 1. The van der Waals surface area contributed by atoms with Crippen molar-refractivity contribution in [3.8, 4) is 11.4 Å². The van der Waals surface area contributed by atoms with Crippen LogP contribution in [0, 0.1) is 11.6 Å². The van der Waals surface area contributed by atoms with Gasteiger partial charge in [-0.3, -0.25) is 9.59 Å². The highest BCUT2D eigenvalue weighted by atomic mass is 19.2. The van der Waals surface area contributed by atoms with Gasteiger partial charge in [-0.2, -0.15) is 0 Å². The summed E-state index contributed by atoms with van der Waals surface area (Å²) < 4.78 is 35.8. The third kappa shape index (κ3) is 2.80. The molecule has 10 heteroatoms. The van der Waals surface area contributed by atoms with E-state index in [1.165, 1.54) is 4.57 Å². The van der Waals surface area contributed by atoms with E-state index in [0.29, 0.717) is 34.3 Å². The first-order valence-corrected chi connectivity index (χ1v) is 11.4. The molecule has 0 spiro atoms. The van der Waals surface area contributed by atoms with Crippen molar-refractivity contribution in [3.63, 3.8) is 0 Å². The Kier molecular flexibility index (Phi) is 4.48. The van der Waals surface area contributed by atoms with Crippen molar-refractivity contribution in [3.05, 3.63) is 61.9 Å². The van der Waals surface area contributed by atoms with Crippen molar-refractivity contribution < 1.29 is 28.2 Å². The van der Waals surface area contributed by atoms with Gasteiger partial charge in [-0.15, -0.1) is 0 Å². The number of amides is 1. The Morgan fingerprint density at radius 3 is 2.77 bits per heavy atom. The van der Waals surface area contributed by atoms with Gasteiger partial charge in [-0.05, 0) is 36.8 Å². The number of rotatable bonds is 3. The van der Waals surface area contributed by atoms with Crippen LogP contribution in [-0.4, -0.2) is 26.5 Å². The molecule has 0 fully saturated rings. The van der Waals surface area contributed by atoms with Gasteiger partial charge in [-0.25, -0.2) is 18.6 Å². The SMILES string of the molecule is CCC1(O)C(=O)OCc2c1cc1n(c2=O)Cc2c-1nc1cc(F)c(F)c3c1c2[C@H](CC(N)=O)CC3. The molecular weight excluding hydrogens is 460 g/mol. The van der Waals surface area contributed by atoms with Gasteiger partial charge in [0.25, 0.3) is 5.56 Å². The number of pyridine rings is 2. The molecule has 4 heterocycles. The van der Waals surface area contributed by atoms with Gasteiger partial charge in [0.05, 0.1) is 29.0 Å². The van der Waals surface area contributed by atoms with Crippen LogP contribution >= 0.6 is 0 Å². The fourth-order valence-corrected chi connectivity index (χ4v) is 5.90. The molecule has 1 amide bonds. The first-order valence-electron chi connectivity index (χ1n) is 11.4. The number of nitrogens with zero attached hydrogens (tertiary/aromatic N) is 2. The molecule has 8 nitrogen and oxygen atoms in total. The van der Waals surface area contributed by atoms with Crippen molar-refractivity contribution >= 4 is 22.8 Å². The minimum atomic E-state index is -1.98. The van der Waals surface area contributed by atoms with Crippen LogP contribution in [0.2, 0.25) is 0 Å². The van der Waals surface area contributed by atoms with E-state index in [-0.39, 0.29) is 60.5 Å². The molecule has 0 radical (unpaired) electrons. The van der Waals surface area contributed by atoms with Crippen LogP contribution in [0.25, 0.3) is 22.3 Å². The van der Waals surface area contributed by atoms with Crippen molar-refractivity contribution in [1.29, 1.82) is 0 Å². The summed E-state index contributed by atoms with van der Waals surface area (Å²) in [4.78, 5) is 42.3. The smallest absolute Gasteiger partial charge is 0.343 e. The fraction of sp³-hybridized carbons (Fsp3) is 0.360. The predicted molar refractivity (Wildman–Crippen MR) is 119 cm³/mol. The first-order chi connectivity index (χ1) is 16.7. The summed E-state index contributed by atoms with van der Waals surface area (Å²) >= 11 is 0. The molecule has 1 unspecified atom stereocenters. The minimum Gasteiger partial charge on any atom is -0.458 e. The number of esters is 1. The van der Waals surface area contributed by atoms with Crippen LogP contribution < -0.4 is 11.3 Å². The molecule has 3 aromatic rings. The van der Waals surface area contributed by atoms with Crippen LogP contribution in [0.4, 0.5) is 8.78 Å². The number of hydrogen-bond donors (Lipinski definition) is 2. The van der Waals surface area contributed by atoms with E-state index in [1.807, 2.05) is 0 Å². The summed E-state index contributed by atoms with van der Waals surface area (Å²) in [5, 5.41) is 11.5. The number of ether oxygens (including phenoxy) is 1. The average molecular weight is 481 g/mol. The number of aromatic nitrogens is 2. The van der Waals surface area contributed by atoms with Crippen LogP contribution in [0.5, 0.6) is 0 Å². The van der Waals surface area contributed by atoms with E-state index in [1.54, 1.807) is 13.0 Å². The molecule has 1 aliphatic carbocycles. The van der Waals surface area contributed by atoms with E-state index in [9.17, 15) is 28.3 Å². The maximum Gasteiger partial charge on any atom is 0.343 e. The first kappa shape index (κ1) is 21.8. The quantitative estimate of drug-likeness (QED) is 0.433. The number of cyclic esters (lactones) is 1. The second kappa shape index (κ2) is 7.17. The number of carbonyl (C=O) groups is 2. The van der Waals surface area contributed by atoms with Crippen molar-refractivity contribution in [2.45, 2.75) is 57.3 Å². The highest BCUT2D eigenvalue weighted by Crippen LogP contribution is 2.47. The van der Waals surface area contributed by atoms with Crippen molar-refractivity contribution in [2.75, 3.05) is 0 Å². The summed E-state index contributed by atoms with van der Waals surface area (Å²) in [5.41, 5.74) is 5.84. The Morgan fingerprint density at radius 2 is 2.06 bits per heavy atom. The molecule has 3 aliphatic rings. The predicted octanol–water partition coefficient (Wildman–Crippen LogP) is 2.26. The highest BCUT2D eigenvalue weighted by molar-refractivity contribution is 5.93. The molecule has 180 valence electrons. The van der Waals surface area contributed by atoms with Gasteiger partial charge >= 0.3 is 5.97 Å². The molecular formula is C25H21F2N3O5. The van der Waals surface area contributed by atoms with Crippen molar-refractivity contribution in [1.82, 2.24) is 9.55 Å². The Labute approximate surface area is 197 Å². The largest absolute Gasteiger partial charge is 0.458 e. The van der Waals surface area contributed by atoms with Gasteiger partial charge in [0, 0.05) is 34.6 Å². The van der Waals surface area contributed by atoms with Gasteiger partial charge in [0.1, 0.15) is 6.61 Å². The maximum absolute atomic E-state index is 14.8. The highest BCUT2D eigenvalue weighted by Gasteiger charge is 2.46. The van der Waals surface area contributed by atoms with Crippen molar-refractivity contribution in [2.24, 2.45) is 5.73 Å². The number of carbonyl (C=O) groups excluding carboxylic acids is 2. The molecule has 0 saturated heterocycles. The Morgan fingerprint density at radius 1 is 1.29 bits per heavy atom. The van der Waals surface area contributed by atoms with E-state index in [0.717, 1.165) is 6.07 Å². The molecule has 6 rings (SSSR count). The fourth-order valence-electron chi connectivity index (χ4n) is 5.90. The minimum absolute atomic E-state index is 0.000480. The molecule has 35 heavy (non-hydrogen) atoms. The standard InChI is InChI=1S/C25H21F2N3O5/c1-2-25(34)14-6-17-22-12(8-30(17)23(32)13(14)9-35-24(25)33)19-10(5-18(28)31)3-4-11-20(19)16(29-22)7-15(26)21(11)27/h6-7,10,34H,2-5,8-9H2,1H3,(H2,28,31)/t10-,25?/m0/s1. The number of primary amides is 1. The lowest BCUT2D eigenvalue weighted by Crippen LogP contribution is -2.44. The van der Waals surface area contributed by atoms with Gasteiger partial charge in [0.2, 0.25) is 5.91 Å². The lowest BCUT2D eigenvalue weighted by molar-refractivity contribution is -0.172. The zero-order valence-electron chi connectivity index (χ0n) is 18.8. The second-order valence-electron chi connectivity index (χ2n) is 9.41. The number of nitrogens with two attached hydrogens (primary N) is 1. The lowest BCUT2D eigenvalue weighted by Gasteiger charge is -2.31. The third-order valence-electron chi connectivity index (χ3n) is 7.61. The zero-order valence-corrected chi connectivity index (χ0v) is 18.8. The monoisotopic (exact) mass is 481 g/mol. The molecule has 0 saturated carbocycles. The molecule has 2 atom stereocenters.